The summed E-state index contributed by atoms with van der Waals surface area (Å²) in [6, 6.07) is 2.02. The number of carboxylic acids is 1. The summed E-state index contributed by atoms with van der Waals surface area (Å²) in [7, 11) is 0. The molecular weight excluding hydrogens is 332 g/mol. The third-order valence-electron chi connectivity index (χ3n) is 4.11. The lowest BCUT2D eigenvalue weighted by molar-refractivity contribution is -0.129. The van der Waals surface area contributed by atoms with Crippen molar-refractivity contribution in [1.29, 1.82) is 0 Å². The molecule has 0 saturated heterocycles. The minimum absolute atomic E-state index is 0.0653. The first-order chi connectivity index (χ1) is 11.5. The Labute approximate surface area is 142 Å². The lowest BCUT2D eigenvalue weighted by atomic mass is 9.93. The van der Waals surface area contributed by atoms with Gasteiger partial charge in [-0.2, -0.15) is 0 Å². The van der Waals surface area contributed by atoms with Crippen LogP contribution in [0.15, 0.2) is 17.6 Å². The SMILES string of the molecule is O=C(O)c1sccc1CNC(=O)C(O)Cc1cn(C2CCC2)nn1. The maximum atomic E-state index is 12.0. The van der Waals surface area contributed by atoms with Gasteiger partial charge in [-0.25, -0.2) is 9.48 Å². The highest BCUT2D eigenvalue weighted by Crippen LogP contribution is 2.30. The first-order valence-electron chi connectivity index (χ1n) is 7.70. The number of thiophene rings is 1. The molecule has 24 heavy (non-hydrogen) atoms. The number of nitrogens with zero attached hydrogens (tertiary/aromatic N) is 3. The summed E-state index contributed by atoms with van der Waals surface area (Å²) in [5.74, 6) is -1.59. The molecule has 0 radical (unpaired) electrons. The molecular formula is C15H18N4O4S. The van der Waals surface area contributed by atoms with Crippen LogP contribution in [0, 0.1) is 0 Å². The van der Waals surface area contributed by atoms with Gasteiger partial charge in [0.05, 0.1) is 11.7 Å². The van der Waals surface area contributed by atoms with E-state index in [0.717, 1.165) is 24.2 Å². The summed E-state index contributed by atoms with van der Waals surface area (Å²) in [6.07, 6.45) is 3.95. The van der Waals surface area contributed by atoms with Gasteiger partial charge in [-0.15, -0.1) is 16.4 Å². The standard InChI is InChI=1S/C15H18N4O4S/c20-12(6-10-8-19(18-17-10)11-2-1-3-11)14(21)16-7-9-4-5-24-13(9)15(22)23/h4-5,8,11-12,20H,1-3,6-7H2,(H,16,21)(H,22,23). The van der Waals surface area contributed by atoms with Crippen molar-refractivity contribution in [2.24, 2.45) is 0 Å². The first-order valence-corrected chi connectivity index (χ1v) is 8.58. The predicted molar refractivity (Wildman–Crippen MR) is 85.7 cm³/mol. The number of carboxylic acid groups (broad SMARTS) is 1. The van der Waals surface area contributed by atoms with Crippen LogP contribution in [0.25, 0.3) is 0 Å². The van der Waals surface area contributed by atoms with Crippen LogP contribution in [-0.4, -0.2) is 43.2 Å². The highest BCUT2D eigenvalue weighted by atomic mass is 32.1. The normalized spacial score (nSPS) is 15.7. The minimum Gasteiger partial charge on any atom is -0.477 e. The van der Waals surface area contributed by atoms with Gasteiger partial charge >= 0.3 is 5.97 Å². The van der Waals surface area contributed by atoms with Crippen molar-refractivity contribution in [3.8, 4) is 0 Å². The number of nitrogens with one attached hydrogen (secondary N) is 1. The molecule has 1 unspecified atom stereocenters. The third-order valence-corrected chi connectivity index (χ3v) is 5.05. The van der Waals surface area contributed by atoms with Crippen LogP contribution in [0.1, 0.15) is 46.2 Å². The van der Waals surface area contributed by atoms with Gasteiger partial charge in [0.25, 0.3) is 0 Å². The molecule has 3 N–H and O–H groups in total. The fourth-order valence-corrected chi connectivity index (χ4v) is 3.25. The number of aliphatic hydroxyl groups is 1. The second-order valence-corrected chi connectivity index (χ2v) is 6.71. The summed E-state index contributed by atoms with van der Waals surface area (Å²) in [6.45, 7) is 0.0653. The lowest BCUT2D eigenvalue weighted by Gasteiger charge is -2.24. The second kappa shape index (κ2) is 7.10. The molecule has 0 aromatic carbocycles. The summed E-state index contributed by atoms with van der Waals surface area (Å²) in [5.41, 5.74) is 1.08. The number of aliphatic hydroxyl groups excluding tert-OH is 1. The van der Waals surface area contributed by atoms with Crippen molar-refractivity contribution in [3.63, 3.8) is 0 Å². The Hall–Kier alpha value is -2.26. The Balaban J connectivity index is 1.52. The summed E-state index contributed by atoms with van der Waals surface area (Å²) in [5, 5.41) is 31.2. The Morgan fingerprint density at radius 1 is 1.46 bits per heavy atom. The average molecular weight is 350 g/mol. The van der Waals surface area contributed by atoms with Gasteiger partial charge in [0.1, 0.15) is 11.0 Å². The van der Waals surface area contributed by atoms with E-state index < -0.39 is 18.0 Å². The first kappa shape index (κ1) is 16.6. The van der Waals surface area contributed by atoms with Crippen LogP contribution in [-0.2, 0) is 17.8 Å². The van der Waals surface area contributed by atoms with E-state index in [1.807, 2.05) is 0 Å². The molecule has 1 saturated carbocycles. The number of amides is 1. The maximum absolute atomic E-state index is 12.0. The number of carbonyl (C=O) groups is 2. The molecule has 2 aromatic rings. The smallest absolute Gasteiger partial charge is 0.346 e. The number of aromatic carboxylic acids is 1. The van der Waals surface area contributed by atoms with Gasteiger partial charge in [0.2, 0.25) is 5.91 Å². The van der Waals surface area contributed by atoms with E-state index in [1.54, 1.807) is 22.3 Å². The number of rotatable bonds is 7. The average Bonchev–Trinajstić information content (AvgIpc) is 3.12. The van der Waals surface area contributed by atoms with Gasteiger partial charge < -0.3 is 15.5 Å². The van der Waals surface area contributed by atoms with Crippen LogP contribution in [0.4, 0.5) is 0 Å². The zero-order valence-electron chi connectivity index (χ0n) is 12.9. The Kier molecular flexibility index (Phi) is 4.91. The van der Waals surface area contributed by atoms with Gasteiger partial charge in [0, 0.05) is 19.2 Å². The van der Waals surface area contributed by atoms with E-state index in [1.165, 1.54) is 6.42 Å². The van der Waals surface area contributed by atoms with Gasteiger partial charge in [0.15, 0.2) is 0 Å². The third kappa shape index (κ3) is 3.62. The summed E-state index contributed by atoms with van der Waals surface area (Å²) < 4.78 is 1.79. The fraction of sp³-hybridized carbons (Fsp3) is 0.467. The van der Waals surface area contributed by atoms with Crippen molar-refractivity contribution in [2.75, 3.05) is 0 Å². The van der Waals surface area contributed by atoms with Gasteiger partial charge in [-0.3, -0.25) is 4.79 Å². The van der Waals surface area contributed by atoms with E-state index >= 15 is 0 Å². The zero-order valence-corrected chi connectivity index (χ0v) is 13.7. The highest BCUT2D eigenvalue weighted by molar-refractivity contribution is 7.12. The molecule has 128 valence electrons. The van der Waals surface area contributed by atoms with E-state index in [9.17, 15) is 14.7 Å². The minimum atomic E-state index is -1.25. The van der Waals surface area contributed by atoms with Crippen LogP contribution >= 0.6 is 11.3 Å². The van der Waals surface area contributed by atoms with Gasteiger partial charge in [-0.05, 0) is 36.3 Å². The molecule has 1 aliphatic carbocycles. The molecule has 1 aliphatic rings. The van der Waals surface area contributed by atoms with Crippen molar-refractivity contribution >= 4 is 23.2 Å². The zero-order chi connectivity index (χ0) is 17.1. The number of hydrogen-bond donors (Lipinski definition) is 3. The van der Waals surface area contributed by atoms with Crippen molar-refractivity contribution in [1.82, 2.24) is 20.3 Å². The predicted octanol–water partition coefficient (Wildman–Crippen LogP) is 0.983. The van der Waals surface area contributed by atoms with Crippen LogP contribution in [0.5, 0.6) is 0 Å². The Morgan fingerprint density at radius 3 is 2.92 bits per heavy atom. The van der Waals surface area contributed by atoms with Crippen LogP contribution < -0.4 is 5.32 Å². The Bertz CT molecular complexity index is 737. The van der Waals surface area contributed by atoms with E-state index in [0.29, 0.717) is 17.3 Å². The Morgan fingerprint density at radius 2 is 2.25 bits per heavy atom. The molecule has 9 heteroatoms. The number of hydrogen-bond acceptors (Lipinski definition) is 6. The maximum Gasteiger partial charge on any atom is 0.346 e. The molecule has 1 atom stereocenters. The van der Waals surface area contributed by atoms with Crippen molar-refractivity contribution in [2.45, 2.75) is 44.4 Å². The molecule has 2 heterocycles. The highest BCUT2D eigenvalue weighted by Gasteiger charge is 2.23. The summed E-state index contributed by atoms with van der Waals surface area (Å²) in [4.78, 5) is 23.2. The van der Waals surface area contributed by atoms with E-state index in [2.05, 4.69) is 15.6 Å². The molecule has 0 aliphatic heterocycles. The number of aromatic nitrogens is 3. The summed E-state index contributed by atoms with van der Waals surface area (Å²) >= 11 is 1.10. The van der Waals surface area contributed by atoms with Gasteiger partial charge in [-0.1, -0.05) is 5.21 Å². The lowest BCUT2D eigenvalue weighted by Crippen LogP contribution is -2.35. The molecule has 1 fully saturated rings. The van der Waals surface area contributed by atoms with Crippen LogP contribution in [0.2, 0.25) is 0 Å². The second-order valence-electron chi connectivity index (χ2n) is 5.79. The van der Waals surface area contributed by atoms with E-state index in [-0.39, 0.29) is 17.8 Å². The van der Waals surface area contributed by atoms with Crippen LogP contribution in [0.3, 0.4) is 0 Å². The molecule has 8 nitrogen and oxygen atoms in total. The van der Waals surface area contributed by atoms with E-state index in [4.69, 9.17) is 5.11 Å². The fourth-order valence-electron chi connectivity index (χ4n) is 2.49. The molecule has 3 rings (SSSR count). The largest absolute Gasteiger partial charge is 0.477 e. The molecule has 0 spiro atoms. The van der Waals surface area contributed by atoms with Crippen molar-refractivity contribution in [3.05, 3.63) is 33.8 Å². The van der Waals surface area contributed by atoms with Crippen molar-refractivity contribution < 1.29 is 19.8 Å². The molecule has 1 amide bonds. The molecule has 0 bridgehead atoms. The molecule has 2 aromatic heterocycles. The topological polar surface area (TPSA) is 117 Å². The quantitative estimate of drug-likeness (QED) is 0.685. The monoisotopic (exact) mass is 350 g/mol. The number of carbonyl (C=O) groups excluding carboxylic acids is 1.